The maximum atomic E-state index is 12.3. The molecule has 1 aromatic rings. The Bertz CT molecular complexity index is 323. The molecule has 0 fully saturated rings. The summed E-state index contributed by atoms with van der Waals surface area (Å²) in [6.45, 7) is 3.77. The van der Waals surface area contributed by atoms with Gasteiger partial charge in [0.25, 0.3) is 6.43 Å². The molecule has 1 N–H and O–H groups in total. The Morgan fingerprint density at radius 3 is 2.24 bits per heavy atom. The van der Waals surface area contributed by atoms with E-state index in [1.165, 1.54) is 12.1 Å². The summed E-state index contributed by atoms with van der Waals surface area (Å²) in [5.74, 6) is 0. The molecule has 17 heavy (non-hydrogen) atoms. The molecule has 0 saturated carbocycles. The Hall–Kier alpha value is -1.00. The zero-order chi connectivity index (χ0) is 12.8. The molecule has 1 aromatic carbocycles. The summed E-state index contributed by atoms with van der Waals surface area (Å²) < 4.78 is 24.7. The first kappa shape index (κ1) is 14.1. The third kappa shape index (κ3) is 5.24. The largest absolute Gasteiger partial charge is 0.309 e. The number of nitrogens with one attached hydrogen (secondary N) is 1. The summed E-state index contributed by atoms with van der Waals surface area (Å²) >= 11 is 0. The first-order valence-electron chi connectivity index (χ1n) is 5.74. The zero-order valence-corrected chi connectivity index (χ0v) is 10.6. The quantitative estimate of drug-likeness (QED) is 0.825. The number of alkyl halides is 2. The van der Waals surface area contributed by atoms with Gasteiger partial charge < -0.3 is 10.2 Å². The van der Waals surface area contributed by atoms with Gasteiger partial charge in [0.2, 0.25) is 0 Å². The third-order valence-electron chi connectivity index (χ3n) is 2.53. The van der Waals surface area contributed by atoms with Gasteiger partial charge in [0.1, 0.15) is 0 Å². The van der Waals surface area contributed by atoms with Crippen molar-refractivity contribution in [3.8, 4) is 0 Å². The smallest absolute Gasteiger partial charge is 0.263 e. The number of rotatable bonds is 6. The van der Waals surface area contributed by atoms with Crippen molar-refractivity contribution in [3.63, 3.8) is 0 Å². The van der Waals surface area contributed by atoms with Crippen LogP contribution in [0.25, 0.3) is 0 Å². The highest BCUT2D eigenvalue weighted by atomic mass is 19.3. The van der Waals surface area contributed by atoms with Crippen molar-refractivity contribution in [2.75, 3.05) is 20.6 Å². The van der Waals surface area contributed by atoms with E-state index in [4.69, 9.17) is 0 Å². The van der Waals surface area contributed by atoms with Crippen molar-refractivity contribution in [1.82, 2.24) is 10.2 Å². The Kier molecular flexibility index (Phi) is 5.51. The fraction of sp³-hybridized carbons (Fsp3) is 0.538. The van der Waals surface area contributed by atoms with E-state index in [1.807, 2.05) is 14.1 Å². The van der Waals surface area contributed by atoms with Gasteiger partial charge in [-0.25, -0.2) is 8.78 Å². The number of likely N-dealkylation sites (N-methyl/N-ethyl adjacent to an activating group) is 1. The highest BCUT2D eigenvalue weighted by molar-refractivity contribution is 5.23. The summed E-state index contributed by atoms with van der Waals surface area (Å²) in [4.78, 5) is 2.11. The van der Waals surface area contributed by atoms with Crippen LogP contribution >= 0.6 is 0 Å². The number of hydrogen-bond donors (Lipinski definition) is 1. The molecule has 0 radical (unpaired) electrons. The van der Waals surface area contributed by atoms with E-state index in [0.717, 1.165) is 12.1 Å². The van der Waals surface area contributed by atoms with E-state index in [-0.39, 0.29) is 5.56 Å². The zero-order valence-electron chi connectivity index (χ0n) is 10.6. The predicted octanol–water partition coefficient (Wildman–Crippen LogP) is 2.66. The summed E-state index contributed by atoms with van der Waals surface area (Å²) in [5, 5.41) is 3.35. The average Bonchev–Trinajstić information content (AvgIpc) is 2.26. The average molecular weight is 242 g/mol. The second kappa shape index (κ2) is 6.67. The Morgan fingerprint density at radius 1 is 1.18 bits per heavy atom. The van der Waals surface area contributed by atoms with Crippen LogP contribution in [0.3, 0.4) is 0 Å². The molecule has 0 aliphatic rings. The topological polar surface area (TPSA) is 15.3 Å². The number of hydrogen-bond acceptors (Lipinski definition) is 2. The molecule has 0 saturated heterocycles. The minimum atomic E-state index is -2.38. The Labute approximate surface area is 102 Å². The van der Waals surface area contributed by atoms with E-state index < -0.39 is 6.43 Å². The maximum absolute atomic E-state index is 12.3. The summed E-state index contributed by atoms with van der Waals surface area (Å²) in [6.07, 6.45) is -2.38. The molecule has 0 amide bonds. The van der Waals surface area contributed by atoms with Gasteiger partial charge >= 0.3 is 0 Å². The first-order chi connectivity index (χ1) is 7.99. The molecule has 0 heterocycles. The van der Waals surface area contributed by atoms with Gasteiger partial charge in [0.05, 0.1) is 0 Å². The molecule has 0 spiro atoms. The van der Waals surface area contributed by atoms with Crippen molar-refractivity contribution < 1.29 is 8.78 Å². The molecular weight excluding hydrogens is 222 g/mol. The molecule has 0 bridgehead atoms. The number of halogens is 2. The van der Waals surface area contributed by atoms with Gasteiger partial charge in [-0.1, -0.05) is 24.3 Å². The SMILES string of the molecule is CC(CN(C)C)NCc1ccc(C(F)F)cc1. The molecule has 2 nitrogen and oxygen atoms in total. The number of nitrogens with zero attached hydrogens (tertiary/aromatic N) is 1. The van der Waals surface area contributed by atoms with E-state index in [9.17, 15) is 8.78 Å². The van der Waals surface area contributed by atoms with Gasteiger partial charge in [-0.15, -0.1) is 0 Å². The fourth-order valence-electron chi connectivity index (χ4n) is 1.69. The predicted molar refractivity (Wildman–Crippen MR) is 66.3 cm³/mol. The van der Waals surface area contributed by atoms with Gasteiger partial charge in [-0.3, -0.25) is 0 Å². The van der Waals surface area contributed by atoms with Crippen molar-refractivity contribution in [1.29, 1.82) is 0 Å². The van der Waals surface area contributed by atoms with Crippen LogP contribution < -0.4 is 5.32 Å². The second-order valence-corrected chi connectivity index (χ2v) is 4.59. The summed E-state index contributed by atoms with van der Waals surface area (Å²) in [7, 11) is 4.05. The molecular formula is C13H20F2N2. The summed E-state index contributed by atoms with van der Waals surface area (Å²) in [6, 6.07) is 6.84. The van der Waals surface area contributed by atoms with Crippen LogP contribution in [0.2, 0.25) is 0 Å². The van der Waals surface area contributed by atoms with Crippen LogP contribution in [0, 0.1) is 0 Å². The minimum Gasteiger partial charge on any atom is -0.309 e. The van der Waals surface area contributed by atoms with Gasteiger partial charge in [-0.05, 0) is 26.6 Å². The molecule has 0 aliphatic carbocycles. The van der Waals surface area contributed by atoms with Crippen molar-refractivity contribution in [3.05, 3.63) is 35.4 Å². The molecule has 1 rings (SSSR count). The van der Waals surface area contributed by atoms with E-state index in [0.29, 0.717) is 12.6 Å². The van der Waals surface area contributed by atoms with Gasteiger partial charge in [-0.2, -0.15) is 0 Å². The van der Waals surface area contributed by atoms with Gasteiger partial charge in [0.15, 0.2) is 0 Å². The summed E-state index contributed by atoms with van der Waals surface area (Å²) in [5.41, 5.74) is 1.11. The minimum absolute atomic E-state index is 0.0788. The first-order valence-corrected chi connectivity index (χ1v) is 5.74. The van der Waals surface area contributed by atoms with Crippen molar-refractivity contribution >= 4 is 0 Å². The van der Waals surface area contributed by atoms with Crippen LogP contribution in [0.15, 0.2) is 24.3 Å². The molecule has 1 atom stereocenters. The highest BCUT2D eigenvalue weighted by Crippen LogP contribution is 2.18. The van der Waals surface area contributed by atoms with Crippen LogP contribution in [-0.2, 0) is 6.54 Å². The van der Waals surface area contributed by atoms with Crippen LogP contribution in [-0.4, -0.2) is 31.6 Å². The van der Waals surface area contributed by atoms with Crippen molar-refractivity contribution in [2.24, 2.45) is 0 Å². The fourth-order valence-corrected chi connectivity index (χ4v) is 1.69. The molecule has 4 heteroatoms. The van der Waals surface area contributed by atoms with E-state index in [1.54, 1.807) is 12.1 Å². The monoisotopic (exact) mass is 242 g/mol. The van der Waals surface area contributed by atoms with E-state index in [2.05, 4.69) is 17.1 Å². The van der Waals surface area contributed by atoms with Gasteiger partial charge in [0, 0.05) is 24.7 Å². The molecule has 0 aliphatic heterocycles. The molecule has 96 valence electrons. The van der Waals surface area contributed by atoms with E-state index >= 15 is 0 Å². The lowest BCUT2D eigenvalue weighted by Gasteiger charge is -2.18. The molecule has 1 unspecified atom stereocenters. The van der Waals surface area contributed by atoms with Crippen LogP contribution in [0.1, 0.15) is 24.5 Å². The normalized spacial score (nSPS) is 13.4. The second-order valence-electron chi connectivity index (χ2n) is 4.59. The maximum Gasteiger partial charge on any atom is 0.263 e. The Morgan fingerprint density at radius 2 is 1.76 bits per heavy atom. The Balaban J connectivity index is 2.42. The number of benzene rings is 1. The standard InChI is InChI=1S/C13H20F2N2/c1-10(9-17(2)3)16-8-11-4-6-12(7-5-11)13(14)15/h4-7,10,13,16H,8-9H2,1-3H3. The lowest BCUT2D eigenvalue weighted by atomic mass is 10.1. The lowest BCUT2D eigenvalue weighted by molar-refractivity contribution is 0.151. The molecule has 0 aromatic heterocycles. The van der Waals surface area contributed by atoms with Crippen LogP contribution in [0.4, 0.5) is 8.78 Å². The van der Waals surface area contributed by atoms with Crippen LogP contribution in [0.5, 0.6) is 0 Å². The third-order valence-corrected chi connectivity index (χ3v) is 2.53. The van der Waals surface area contributed by atoms with Crippen molar-refractivity contribution in [2.45, 2.75) is 25.9 Å². The lowest BCUT2D eigenvalue weighted by Crippen LogP contribution is -2.35. The highest BCUT2D eigenvalue weighted by Gasteiger charge is 2.06.